The molecular weight excluding hydrogens is 302 g/mol. The number of rotatable bonds is 4. The van der Waals surface area contributed by atoms with Gasteiger partial charge in [-0.05, 0) is 39.7 Å². The van der Waals surface area contributed by atoms with Crippen LogP contribution in [0.3, 0.4) is 0 Å². The van der Waals surface area contributed by atoms with Crippen LogP contribution in [0.1, 0.15) is 0 Å². The van der Waals surface area contributed by atoms with Crippen molar-refractivity contribution in [3.63, 3.8) is 0 Å². The SMILES string of the molecule is O=C(O)CO.O=C(O)Nc1cccc(SSCl)c1. The van der Waals surface area contributed by atoms with Crippen LogP contribution in [0.2, 0.25) is 0 Å². The zero-order valence-corrected chi connectivity index (χ0v) is 11.3. The summed E-state index contributed by atoms with van der Waals surface area (Å²) in [7, 11) is 7.90. The molecule has 6 nitrogen and oxygen atoms in total. The maximum atomic E-state index is 10.3. The molecule has 0 heterocycles. The Kier molecular flexibility index (Phi) is 9.29. The minimum absolute atomic E-state index is 0.545. The van der Waals surface area contributed by atoms with Gasteiger partial charge in [-0.25, -0.2) is 9.59 Å². The summed E-state index contributed by atoms with van der Waals surface area (Å²) in [6, 6.07) is 7.01. The van der Waals surface area contributed by atoms with Crippen LogP contribution in [-0.2, 0) is 4.79 Å². The molecule has 0 radical (unpaired) electrons. The van der Waals surface area contributed by atoms with E-state index >= 15 is 0 Å². The predicted octanol–water partition coefficient (Wildman–Crippen LogP) is 2.73. The second kappa shape index (κ2) is 9.89. The highest BCUT2D eigenvalue weighted by Gasteiger charge is 1.99. The Labute approximate surface area is 115 Å². The van der Waals surface area contributed by atoms with E-state index in [0.717, 1.165) is 14.9 Å². The van der Waals surface area contributed by atoms with Gasteiger partial charge in [0.25, 0.3) is 0 Å². The largest absolute Gasteiger partial charge is 0.480 e. The smallest absolute Gasteiger partial charge is 0.409 e. The Balaban J connectivity index is 0.000000494. The van der Waals surface area contributed by atoms with Gasteiger partial charge in [0.15, 0.2) is 0 Å². The molecule has 18 heavy (non-hydrogen) atoms. The van der Waals surface area contributed by atoms with Crippen molar-refractivity contribution >= 4 is 49.2 Å². The van der Waals surface area contributed by atoms with Crippen LogP contribution in [0.25, 0.3) is 0 Å². The number of carbonyl (C=O) groups is 2. The first-order valence-electron chi connectivity index (χ1n) is 4.37. The lowest BCUT2D eigenvalue weighted by atomic mass is 10.3. The van der Waals surface area contributed by atoms with E-state index in [2.05, 4.69) is 5.32 Å². The van der Waals surface area contributed by atoms with E-state index in [1.54, 1.807) is 18.2 Å². The lowest BCUT2D eigenvalue weighted by Gasteiger charge is -2.01. The summed E-state index contributed by atoms with van der Waals surface area (Å²) in [5, 5.41) is 25.7. The summed E-state index contributed by atoms with van der Waals surface area (Å²) in [4.78, 5) is 20.3. The normalized spacial score (nSPS) is 9.00. The maximum absolute atomic E-state index is 10.3. The van der Waals surface area contributed by atoms with Crippen molar-refractivity contribution in [2.45, 2.75) is 4.90 Å². The summed E-state index contributed by atoms with van der Waals surface area (Å²) in [5.74, 6) is -1.19. The number of nitrogens with one attached hydrogen (secondary N) is 1. The van der Waals surface area contributed by atoms with E-state index in [-0.39, 0.29) is 0 Å². The first-order chi connectivity index (χ1) is 8.49. The van der Waals surface area contributed by atoms with Crippen molar-refractivity contribution in [3.8, 4) is 0 Å². The lowest BCUT2D eigenvalue weighted by molar-refractivity contribution is -0.140. The average Bonchev–Trinajstić information content (AvgIpc) is 2.30. The molecule has 0 bridgehead atoms. The number of halogens is 1. The van der Waals surface area contributed by atoms with Crippen LogP contribution in [0.5, 0.6) is 0 Å². The minimum Gasteiger partial charge on any atom is -0.480 e. The summed E-state index contributed by atoms with van der Waals surface area (Å²) in [6.45, 7) is -0.778. The van der Waals surface area contributed by atoms with Gasteiger partial charge >= 0.3 is 12.1 Å². The summed E-state index contributed by atoms with van der Waals surface area (Å²) in [6.07, 6.45) is -1.07. The van der Waals surface area contributed by atoms with Crippen LogP contribution in [0.15, 0.2) is 29.2 Å². The molecule has 0 aliphatic carbocycles. The number of hydrogen-bond acceptors (Lipinski definition) is 5. The van der Waals surface area contributed by atoms with Gasteiger partial charge in [-0.1, -0.05) is 6.07 Å². The second-order valence-electron chi connectivity index (χ2n) is 2.66. The zero-order valence-electron chi connectivity index (χ0n) is 8.87. The third kappa shape index (κ3) is 8.99. The van der Waals surface area contributed by atoms with Crippen molar-refractivity contribution in [2.75, 3.05) is 11.9 Å². The predicted molar refractivity (Wildman–Crippen MR) is 72.1 cm³/mol. The molecule has 1 rings (SSSR count). The van der Waals surface area contributed by atoms with Crippen molar-refractivity contribution in [2.24, 2.45) is 0 Å². The molecule has 0 fully saturated rings. The topological polar surface area (TPSA) is 107 Å². The van der Waals surface area contributed by atoms with Crippen LogP contribution in [0.4, 0.5) is 10.5 Å². The third-order valence-corrected chi connectivity index (χ3v) is 3.19. The fourth-order valence-electron chi connectivity index (χ4n) is 0.786. The van der Waals surface area contributed by atoms with Crippen LogP contribution >= 0.6 is 31.5 Å². The van der Waals surface area contributed by atoms with Gasteiger partial charge in [0.05, 0.1) is 0 Å². The molecule has 4 N–H and O–H groups in total. The van der Waals surface area contributed by atoms with Gasteiger partial charge in [0.2, 0.25) is 0 Å². The van der Waals surface area contributed by atoms with Gasteiger partial charge in [-0.3, -0.25) is 5.32 Å². The molecule has 0 aliphatic rings. The quantitative estimate of drug-likeness (QED) is 0.633. The Bertz CT molecular complexity index is 404. The van der Waals surface area contributed by atoms with Gasteiger partial charge < -0.3 is 15.3 Å². The van der Waals surface area contributed by atoms with E-state index in [4.69, 9.17) is 30.8 Å². The molecular formula is C9H10ClNO5S2. The second-order valence-corrected chi connectivity index (χ2v) is 5.43. The maximum Gasteiger partial charge on any atom is 0.409 e. The first kappa shape index (κ1) is 16.9. The Morgan fingerprint density at radius 3 is 2.39 bits per heavy atom. The summed E-state index contributed by atoms with van der Waals surface area (Å²) in [5.41, 5.74) is 0.545. The molecule has 0 spiro atoms. The third-order valence-electron chi connectivity index (χ3n) is 1.35. The molecule has 100 valence electrons. The number of carboxylic acid groups (broad SMARTS) is 2. The van der Waals surface area contributed by atoms with Crippen molar-refractivity contribution in [3.05, 3.63) is 24.3 Å². The molecule has 1 aromatic carbocycles. The molecule has 1 amide bonds. The monoisotopic (exact) mass is 311 g/mol. The Hall–Kier alpha value is -1.09. The van der Waals surface area contributed by atoms with Gasteiger partial charge in [0.1, 0.15) is 6.61 Å². The number of carboxylic acids is 1. The van der Waals surface area contributed by atoms with Crippen LogP contribution in [0, 0.1) is 0 Å². The number of hydrogen-bond donors (Lipinski definition) is 4. The lowest BCUT2D eigenvalue weighted by Crippen LogP contribution is -2.06. The Morgan fingerprint density at radius 1 is 1.33 bits per heavy atom. The van der Waals surface area contributed by atoms with Gasteiger partial charge in [0, 0.05) is 20.6 Å². The summed E-state index contributed by atoms with van der Waals surface area (Å²) >= 11 is 0. The van der Waals surface area contributed by atoms with E-state index in [1.165, 1.54) is 10.8 Å². The molecule has 0 atom stereocenters. The number of anilines is 1. The zero-order chi connectivity index (χ0) is 14.0. The average molecular weight is 312 g/mol. The first-order valence-corrected chi connectivity index (χ1v) is 7.35. The highest BCUT2D eigenvalue weighted by molar-refractivity contribution is 8.85. The number of aliphatic hydroxyl groups excluding tert-OH is 1. The number of aliphatic carboxylic acids is 1. The van der Waals surface area contributed by atoms with E-state index in [0.29, 0.717) is 5.69 Å². The van der Waals surface area contributed by atoms with Crippen molar-refractivity contribution < 1.29 is 24.9 Å². The summed E-state index contributed by atoms with van der Waals surface area (Å²) < 4.78 is 0. The highest BCUT2D eigenvalue weighted by atomic mass is 35.7. The molecule has 9 heteroatoms. The molecule has 1 aromatic rings. The van der Waals surface area contributed by atoms with E-state index in [1.807, 2.05) is 6.07 Å². The number of aliphatic hydroxyl groups is 1. The number of benzene rings is 1. The highest BCUT2D eigenvalue weighted by Crippen LogP contribution is 2.34. The molecule has 0 aromatic heterocycles. The standard InChI is InChI=1S/C7H6ClNO2S2.C2H4O3/c8-13-12-6-3-1-2-5(4-6)9-7(10)11;3-1-2(4)5/h1-4,9H,(H,10,11);3H,1H2,(H,4,5). The molecule has 0 aliphatic heterocycles. The fraction of sp³-hybridized carbons (Fsp3) is 0.111. The molecule has 0 saturated carbocycles. The molecule has 0 saturated heterocycles. The van der Waals surface area contributed by atoms with Crippen LogP contribution < -0.4 is 5.32 Å². The minimum atomic E-state index is -1.19. The van der Waals surface area contributed by atoms with Gasteiger partial charge in [-0.15, -0.1) is 0 Å². The number of amides is 1. The van der Waals surface area contributed by atoms with Gasteiger partial charge in [-0.2, -0.15) is 0 Å². The van der Waals surface area contributed by atoms with Crippen molar-refractivity contribution in [1.82, 2.24) is 0 Å². The van der Waals surface area contributed by atoms with E-state index in [9.17, 15) is 4.79 Å². The van der Waals surface area contributed by atoms with Crippen molar-refractivity contribution in [1.29, 1.82) is 0 Å². The molecule has 0 unspecified atom stereocenters. The Morgan fingerprint density at radius 2 is 1.94 bits per heavy atom. The fourth-order valence-corrected chi connectivity index (χ4v) is 2.35. The van der Waals surface area contributed by atoms with E-state index < -0.39 is 18.7 Å². The van der Waals surface area contributed by atoms with Crippen LogP contribution in [-0.4, -0.2) is 34.0 Å².